The lowest BCUT2D eigenvalue weighted by atomic mass is 10.1. The predicted molar refractivity (Wildman–Crippen MR) is 111 cm³/mol. The highest BCUT2D eigenvalue weighted by molar-refractivity contribution is 6.00. The van der Waals surface area contributed by atoms with Crippen LogP contribution in [0.5, 0.6) is 5.75 Å². The lowest BCUT2D eigenvalue weighted by molar-refractivity contribution is -0.126. The molecule has 0 spiro atoms. The Hall–Kier alpha value is -3.09. The molecule has 1 atom stereocenters. The number of anilines is 2. The molecular weight excluding hydrogens is 368 g/mol. The van der Waals surface area contributed by atoms with E-state index in [9.17, 15) is 9.59 Å². The molecule has 2 aliphatic rings. The molecule has 7 nitrogen and oxygen atoms in total. The second-order valence-corrected chi connectivity index (χ2v) is 7.54. The number of nitrogens with one attached hydrogen (secondary N) is 1. The fraction of sp³-hybridized carbons (Fsp3) is 0.409. The standard InChI is InChI=1S/C22H26N4O3/c1-29-19-7-5-18(6-8-19)26-15-17(12-21(26)27)22(28)24-14-16-4-9-20(23-13-16)25-10-2-3-11-25/h4-9,13,17H,2-3,10-12,14-15H2,1H3,(H,24,28). The van der Waals surface area contributed by atoms with Gasteiger partial charge in [-0.15, -0.1) is 0 Å². The Kier molecular flexibility index (Phi) is 5.64. The number of hydrogen-bond acceptors (Lipinski definition) is 5. The van der Waals surface area contributed by atoms with Crippen molar-refractivity contribution in [1.29, 1.82) is 0 Å². The average molecular weight is 394 g/mol. The Bertz CT molecular complexity index is 861. The first kappa shape index (κ1) is 19.2. The highest BCUT2D eigenvalue weighted by Crippen LogP contribution is 2.27. The van der Waals surface area contributed by atoms with Crippen molar-refractivity contribution in [3.63, 3.8) is 0 Å². The Morgan fingerprint density at radius 3 is 2.59 bits per heavy atom. The predicted octanol–water partition coefficient (Wildman–Crippen LogP) is 2.36. The second-order valence-electron chi connectivity index (χ2n) is 7.54. The number of carbonyl (C=O) groups is 2. The van der Waals surface area contributed by atoms with E-state index in [2.05, 4.69) is 15.2 Å². The molecule has 4 rings (SSSR count). The molecule has 2 aliphatic heterocycles. The largest absolute Gasteiger partial charge is 0.497 e. The summed E-state index contributed by atoms with van der Waals surface area (Å²) < 4.78 is 5.15. The van der Waals surface area contributed by atoms with Crippen molar-refractivity contribution < 1.29 is 14.3 Å². The molecule has 0 radical (unpaired) electrons. The SMILES string of the molecule is COc1ccc(N2CC(C(=O)NCc3ccc(N4CCCC4)nc3)CC2=O)cc1. The molecule has 3 heterocycles. The highest BCUT2D eigenvalue weighted by Gasteiger charge is 2.35. The minimum Gasteiger partial charge on any atom is -0.497 e. The number of aromatic nitrogens is 1. The molecule has 1 aromatic carbocycles. The van der Waals surface area contributed by atoms with Crippen molar-refractivity contribution in [2.24, 2.45) is 5.92 Å². The summed E-state index contributed by atoms with van der Waals surface area (Å²) in [6.07, 6.45) is 4.47. The molecule has 29 heavy (non-hydrogen) atoms. The van der Waals surface area contributed by atoms with Crippen LogP contribution in [0, 0.1) is 5.92 Å². The summed E-state index contributed by atoms with van der Waals surface area (Å²) in [7, 11) is 1.60. The number of pyridine rings is 1. The maximum absolute atomic E-state index is 12.6. The van der Waals surface area contributed by atoms with Gasteiger partial charge in [0.1, 0.15) is 11.6 Å². The molecule has 2 amide bonds. The van der Waals surface area contributed by atoms with Crippen molar-refractivity contribution in [2.75, 3.05) is 36.5 Å². The van der Waals surface area contributed by atoms with Gasteiger partial charge in [0.25, 0.3) is 0 Å². The Morgan fingerprint density at radius 1 is 1.17 bits per heavy atom. The molecule has 2 aromatic rings. The van der Waals surface area contributed by atoms with Crippen LogP contribution < -0.4 is 19.9 Å². The Morgan fingerprint density at radius 2 is 1.93 bits per heavy atom. The molecule has 152 valence electrons. The molecule has 2 saturated heterocycles. The summed E-state index contributed by atoms with van der Waals surface area (Å²) in [5.74, 6) is 1.25. The number of hydrogen-bond donors (Lipinski definition) is 1. The average Bonchev–Trinajstić information content (AvgIpc) is 3.43. The lowest BCUT2D eigenvalue weighted by Gasteiger charge is -2.17. The molecule has 0 bridgehead atoms. The van der Waals surface area contributed by atoms with Crippen molar-refractivity contribution in [3.8, 4) is 5.75 Å². The number of methoxy groups -OCH3 is 1. The van der Waals surface area contributed by atoms with Crippen LogP contribution in [0.15, 0.2) is 42.6 Å². The van der Waals surface area contributed by atoms with Crippen LogP contribution in [-0.4, -0.2) is 43.5 Å². The molecule has 1 aromatic heterocycles. The normalized spacial score (nSPS) is 18.9. The van der Waals surface area contributed by atoms with Crippen molar-refractivity contribution in [3.05, 3.63) is 48.2 Å². The molecule has 7 heteroatoms. The van der Waals surface area contributed by atoms with Crippen LogP contribution in [0.1, 0.15) is 24.8 Å². The van der Waals surface area contributed by atoms with Crippen LogP contribution in [0.4, 0.5) is 11.5 Å². The number of benzene rings is 1. The van der Waals surface area contributed by atoms with Crippen LogP contribution >= 0.6 is 0 Å². The molecule has 0 saturated carbocycles. The first-order valence-electron chi connectivity index (χ1n) is 10.1. The Balaban J connectivity index is 1.31. The van der Waals surface area contributed by atoms with Crippen molar-refractivity contribution >= 4 is 23.3 Å². The minimum absolute atomic E-state index is 0.0352. The number of rotatable bonds is 6. The number of nitrogens with zero attached hydrogens (tertiary/aromatic N) is 3. The van der Waals surface area contributed by atoms with E-state index in [0.29, 0.717) is 13.1 Å². The third kappa shape index (κ3) is 4.34. The van der Waals surface area contributed by atoms with Gasteiger partial charge in [-0.2, -0.15) is 0 Å². The zero-order chi connectivity index (χ0) is 20.2. The van der Waals surface area contributed by atoms with Crippen LogP contribution in [-0.2, 0) is 16.1 Å². The quantitative estimate of drug-likeness (QED) is 0.814. The fourth-order valence-electron chi connectivity index (χ4n) is 3.88. The van der Waals surface area contributed by atoms with E-state index in [1.165, 1.54) is 12.8 Å². The topological polar surface area (TPSA) is 74.8 Å². The van der Waals surface area contributed by atoms with Gasteiger partial charge in [-0.25, -0.2) is 4.98 Å². The van der Waals surface area contributed by atoms with Gasteiger partial charge in [0, 0.05) is 44.5 Å². The van der Waals surface area contributed by atoms with E-state index in [0.717, 1.165) is 35.9 Å². The fourth-order valence-corrected chi connectivity index (χ4v) is 3.88. The van der Waals surface area contributed by atoms with Gasteiger partial charge in [0.15, 0.2) is 0 Å². The van der Waals surface area contributed by atoms with Gasteiger partial charge in [0.2, 0.25) is 11.8 Å². The van der Waals surface area contributed by atoms with Gasteiger partial charge in [-0.3, -0.25) is 9.59 Å². The summed E-state index contributed by atoms with van der Waals surface area (Å²) in [5.41, 5.74) is 1.74. The Labute approximate surface area is 170 Å². The maximum Gasteiger partial charge on any atom is 0.227 e. The van der Waals surface area contributed by atoms with Crippen LogP contribution in [0.25, 0.3) is 0 Å². The zero-order valence-corrected chi connectivity index (χ0v) is 16.6. The van der Waals surface area contributed by atoms with Crippen LogP contribution in [0.2, 0.25) is 0 Å². The first-order chi connectivity index (χ1) is 14.1. The van der Waals surface area contributed by atoms with E-state index < -0.39 is 0 Å². The molecule has 2 fully saturated rings. The summed E-state index contributed by atoms with van der Waals surface area (Å²) >= 11 is 0. The smallest absolute Gasteiger partial charge is 0.227 e. The van der Waals surface area contributed by atoms with Crippen molar-refractivity contribution in [2.45, 2.75) is 25.8 Å². The van der Waals surface area contributed by atoms with Gasteiger partial charge in [0.05, 0.1) is 13.0 Å². The third-order valence-corrected chi connectivity index (χ3v) is 5.59. The first-order valence-corrected chi connectivity index (χ1v) is 10.1. The van der Waals surface area contributed by atoms with E-state index in [1.807, 2.05) is 42.6 Å². The molecular formula is C22H26N4O3. The number of ether oxygens (including phenoxy) is 1. The zero-order valence-electron chi connectivity index (χ0n) is 16.6. The van der Waals surface area contributed by atoms with E-state index in [1.54, 1.807) is 12.0 Å². The van der Waals surface area contributed by atoms with E-state index in [-0.39, 0.29) is 24.2 Å². The molecule has 0 aliphatic carbocycles. The van der Waals surface area contributed by atoms with Gasteiger partial charge in [-0.05, 0) is 48.7 Å². The summed E-state index contributed by atoms with van der Waals surface area (Å²) in [6.45, 7) is 2.93. The summed E-state index contributed by atoms with van der Waals surface area (Å²) in [6, 6.07) is 11.3. The van der Waals surface area contributed by atoms with E-state index >= 15 is 0 Å². The monoisotopic (exact) mass is 394 g/mol. The number of amides is 2. The second kappa shape index (κ2) is 8.51. The van der Waals surface area contributed by atoms with Crippen molar-refractivity contribution in [1.82, 2.24) is 10.3 Å². The summed E-state index contributed by atoms with van der Waals surface area (Å²) in [4.78, 5) is 33.4. The lowest BCUT2D eigenvalue weighted by Crippen LogP contribution is -2.32. The van der Waals surface area contributed by atoms with Gasteiger partial charge in [-0.1, -0.05) is 6.07 Å². The molecule has 1 N–H and O–H groups in total. The molecule has 1 unspecified atom stereocenters. The minimum atomic E-state index is -0.346. The number of carbonyl (C=O) groups excluding carboxylic acids is 2. The van der Waals surface area contributed by atoms with Gasteiger partial charge < -0.3 is 19.9 Å². The maximum atomic E-state index is 12.6. The van der Waals surface area contributed by atoms with Gasteiger partial charge >= 0.3 is 0 Å². The summed E-state index contributed by atoms with van der Waals surface area (Å²) in [5, 5.41) is 2.95. The third-order valence-electron chi connectivity index (χ3n) is 5.59. The highest BCUT2D eigenvalue weighted by atomic mass is 16.5. The van der Waals surface area contributed by atoms with Crippen LogP contribution in [0.3, 0.4) is 0 Å². The van der Waals surface area contributed by atoms with E-state index in [4.69, 9.17) is 4.74 Å².